The summed E-state index contributed by atoms with van der Waals surface area (Å²) in [5.74, 6) is -0.424. The third-order valence-electron chi connectivity index (χ3n) is 6.40. The lowest BCUT2D eigenvalue weighted by atomic mass is 9.92. The molecule has 0 radical (unpaired) electrons. The standard InChI is InChI=1S/C30H26N2O2S/c1-3-30(2,32(23-15-9-5-10-16-23)24-17-11-6-12-18-24)27-20-19-25(35-27)21-26-28(31-34-29(26)33)22-13-7-4-8-14-22/h4-21H,3H2,1-2H3. The second-order valence-electron chi connectivity index (χ2n) is 8.58. The highest BCUT2D eigenvalue weighted by molar-refractivity contribution is 7.13. The van der Waals surface area contributed by atoms with Gasteiger partial charge in [0.05, 0.1) is 11.1 Å². The van der Waals surface area contributed by atoms with Crippen molar-refractivity contribution >= 4 is 40.5 Å². The van der Waals surface area contributed by atoms with Gasteiger partial charge in [0.25, 0.3) is 0 Å². The van der Waals surface area contributed by atoms with Crippen LogP contribution in [0.15, 0.2) is 114 Å². The quantitative estimate of drug-likeness (QED) is 0.203. The minimum Gasteiger partial charge on any atom is -0.331 e. The number of carbonyl (C=O) groups is 1. The summed E-state index contributed by atoms with van der Waals surface area (Å²) in [6.07, 6.45) is 2.78. The van der Waals surface area contributed by atoms with Crippen LogP contribution in [0.1, 0.15) is 35.6 Å². The zero-order valence-corrected chi connectivity index (χ0v) is 20.5. The third kappa shape index (κ3) is 4.43. The first-order valence-electron chi connectivity index (χ1n) is 11.7. The SMILES string of the molecule is CCC(C)(c1ccc(C=C2C(=O)ON=C2c2ccccc2)s1)N(c1ccccc1)c1ccccc1. The van der Waals surface area contributed by atoms with E-state index in [1.165, 1.54) is 4.88 Å². The summed E-state index contributed by atoms with van der Waals surface area (Å²) < 4.78 is 0. The van der Waals surface area contributed by atoms with Gasteiger partial charge in [0, 0.05) is 26.7 Å². The van der Waals surface area contributed by atoms with E-state index in [1.807, 2.05) is 48.5 Å². The van der Waals surface area contributed by atoms with Gasteiger partial charge in [-0.25, -0.2) is 4.79 Å². The van der Waals surface area contributed by atoms with E-state index in [0.717, 1.165) is 28.2 Å². The van der Waals surface area contributed by atoms with Crippen LogP contribution >= 0.6 is 11.3 Å². The van der Waals surface area contributed by atoms with Crippen molar-refractivity contribution in [1.29, 1.82) is 0 Å². The second-order valence-corrected chi connectivity index (χ2v) is 9.69. The number of rotatable bonds is 7. The molecular formula is C30H26N2O2S. The van der Waals surface area contributed by atoms with Crippen LogP contribution in [0, 0.1) is 0 Å². The van der Waals surface area contributed by atoms with Gasteiger partial charge < -0.3 is 9.74 Å². The number of carbonyl (C=O) groups excluding carboxylic acids is 1. The Morgan fingerprint density at radius 1 is 0.857 bits per heavy atom. The summed E-state index contributed by atoms with van der Waals surface area (Å²) in [6.45, 7) is 4.49. The van der Waals surface area contributed by atoms with E-state index in [1.54, 1.807) is 11.3 Å². The molecule has 4 aromatic rings. The minimum atomic E-state index is -0.424. The van der Waals surface area contributed by atoms with Crippen LogP contribution in [0.2, 0.25) is 0 Å². The molecule has 1 unspecified atom stereocenters. The first-order chi connectivity index (χ1) is 17.1. The number of hydrogen-bond donors (Lipinski definition) is 0. The molecule has 0 amide bonds. The summed E-state index contributed by atoms with van der Waals surface area (Å²) in [6, 6.07) is 34.8. The molecule has 0 saturated heterocycles. The van der Waals surface area contributed by atoms with Crippen LogP contribution in [0.25, 0.3) is 6.08 Å². The van der Waals surface area contributed by atoms with Gasteiger partial charge in [-0.2, -0.15) is 0 Å². The van der Waals surface area contributed by atoms with E-state index in [-0.39, 0.29) is 5.54 Å². The molecule has 5 rings (SSSR count). The van der Waals surface area contributed by atoms with Gasteiger partial charge in [0.15, 0.2) is 0 Å². The van der Waals surface area contributed by atoms with Crippen molar-refractivity contribution in [3.63, 3.8) is 0 Å². The molecule has 35 heavy (non-hydrogen) atoms. The second kappa shape index (κ2) is 9.72. The predicted octanol–water partition coefficient (Wildman–Crippen LogP) is 7.56. The predicted molar refractivity (Wildman–Crippen MR) is 144 cm³/mol. The Kier molecular flexibility index (Phi) is 6.34. The summed E-state index contributed by atoms with van der Waals surface area (Å²) in [5, 5.41) is 4.04. The average molecular weight is 479 g/mol. The molecule has 174 valence electrons. The lowest BCUT2D eigenvalue weighted by Gasteiger charge is -2.42. The molecule has 0 saturated carbocycles. The van der Waals surface area contributed by atoms with Crippen LogP contribution in [0.5, 0.6) is 0 Å². The lowest BCUT2D eigenvalue weighted by molar-refractivity contribution is -0.136. The molecule has 1 atom stereocenters. The van der Waals surface area contributed by atoms with Gasteiger partial charge >= 0.3 is 5.97 Å². The molecule has 0 N–H and O–H groups in total. The molecule has 1 aliphatic heterocycles. The maximum atomic E-state index is 12.5. The largest absolute Gasteiger partial charge is 0.368 e. The number of para-hydroxylation sites is 2. The van der Waals surface area contributed by atoms with Crippen LogP contribution in [-0.4, -0.2) is 11.7 Å². The Hall–Kier alpha value is -3.96. The lowest BCUT2D eigenvalue weighted by Crippen LogP contribution is -2.39. The van der Waals surface area contributed by atoms with Gasteiger partial charge in [-0.1, -0.05) is 78.8 Å². The zero-order chi connectivity index (χ0) is 24.3. The Balaban J connectivity index is 1.55. The molecule has 2 heterocycles. The molecule has 0 bridgehead atoms. The molecule has 1 aliphatic rings. The Morgan fingerprint density at radius 2 is 1.43 bits per heavy atom. The highest BCUT2D eigenvalue weighted by Gasteiger charge is 2.35. The van der Waals surface area contributed by atoms with Gasteiger partial charge in [-0.15, -0.1) is 11.3 Å². The van der Waals surface area contributed by atoms with Crippen molar-refractivity contribution in [2.45, 2.75) is 25.8 Å². The van der Waals surface area contributed by atoms with Crippen LogP contribution in [-0.2, 0) is 15.2 Å². The van der Waals surface area contributed by atoms with Crippen LogP contribution < -0.4 is 4.90 Å². The number of anilines is 2. The molecular weight excluding hydrogens is 452 g/mol. The zero-order valence-electron chi connectivity index (χ0n) is 19.7. The van der Waals surface area contributed by atoms with Crippen molar-refractivity contribution in [1.82, 2.24) is 0 Å². The van der Waals surface area contributed by atoms with Crippen molar-refractivity contribution < 1.29 is 9.63 Å². The highest BCUT2D eigenvalue weighted by Crippen LogP contribution is 2.44. The number of nitrogens with zero attached hydrogens (tertiary/aromatic N) is 2. The number of oxime groups is 1. The summed E-state index contributed by atoms with van der Waals surface area (Å²) in [5.41, 5.74) is 3.88. The van der Waals surface area contributed by atoms with Gasteiger partial charge in [-0.3, -0.25) is 0 Å². The summed E-state index contributed by atoms with van der Waals surface area (Å²) >= 11 is 1.69. The third-order valence-corrected chi connectivity index (χ3v) is 7.68. The fraction of sp³-hybridized carbons (Fsp3) is 0.133. The Morgan fingerprint density at radius 3 is 2.00 bits per heavy atom. The summed E-state index contributed by atoms with van der Waals surface area (Å²) in [4.78, 5) is 22.1. The monoisotopic (exact) mass is 478 g/mol. The number of benzene rings is 3. The molecule has 0 spiro atoms. The van der Waals surface area contributed by atoms with Crippen molar-refractivity contribution in [2.24, 2.45) is 5.16 Å². The fourth-order valence-electron chi connectivity index (χ4n) is 4.39. The van der Waals surface area contributed by atoms with E-state index < -0.39 is 5.97 Å². The van der Waals surface area contributed by atoms with Crippen molar-refractivity contribution in [3.05, 3.63) is 124 Å². The van der Waals surface area contributed by atoms with E-state index >= 15 is 0 Å². The number of thiophene rings is 1. The van der Waals surface area contributed by atoms with Crippen LogP contribution in [0.3, 0.4) is 0 Å². The molecule has 5 heteroatoms. The normalized spacial score (nSPS) is 16.0. The van der Waals surface area contributed by atoms with Gasteiger partial charge in [0.2, 0.25) is 0 Å². The molecule has 0 fully saturated rings. The van der Waals surface area contributed by atoms with Crippen molar-refractivity contribution in [3.8, 4) is 0 Å². The van der Waals surface area contributed by atoms with E-state index in [2.05, 4.69) is 84.6 Å². The van der Waals surface area contributed by atoms with Gasteiger partial charge in [-0.05, 0) is 55.8 Å². The first-order valence-corrected chi connectivity index (χ1v) is 12.5. The maximum absolute atomic E-state index is 12.5. The first kappa shape index (κ1) is 22.8. The molecule has 3 aromatic carbocycles. The molecule has 0 aliphatic carbocycles. The highest BCUT2D eigenvalue weighted by atomic mass is 32.1. The molecule has 4 nitrogen and oxygen atoms in total. The van der Waals surface area contributed by atoms with Crippen molar-refractivity contribution in [2.75, 3.05) is 4.90 Å². The van der Waals surface area contributed by atoms with E-state index in [4.69, 9.17) is 4.84 Å². The molecule has 1 aromatic heterocycles. The van der Waals surface area contributed by atoms with Crippen LogP contribution in [0.4, 0.5) is 11.4 Å². The fourth-order valence-corrected chi connectivity index (χ4v) is 5.55. The number of hydrogen-bond acceptors (Lipinski definition) is 5. The smallest absolute Gasteiger partial charge is 0.331 e. The van der Waals surface area contributed by atoms with Gasteiger partial charge in [0.1, 0.15) is 5.71 Å². The van der Waals surface area contributed by atoms with E-state index in [9.17, 15) is 4.79 Å². The Bertz CT molecular complexity index is 1340. The topological polar surface area (TPSA) is 41.9 Å². The Labute approximate surface area is 209 Å². The van der Waals surface area contributed by atoms with E-state index in [0.29, 0.717) is 11.3 Å². The maximum Gasteiger partial charge on any atom is 0.368 e. The average Bonchev–Trinajstić information content (AvgIpc) is 3.53. The minimum absolute atomic E-state index is 0.295. The summed E-state index contributed by atoms with van der Waals surface area (Å²) in [7, 11) is 0.